The number of hydrogen-bond acceptors (Lipinski definition) is 5. The average molecular weight is 255 g/mol. The van der Waals surface area contributed by atoms with Gasteiger partial charge in [0.1, 0.15) is 17.9 Å². The van der Waals surface area contributed by atoms with E-state index in [1.807, 2.05) is 0 Å². The van der Waals surface area contributed by atoms with Crippen molar-refractivity contribution in [2.45, 2.75) is 20.4 Å². The van der Waals surface area contributed by atoms with Crippen LogP contribution in [0.5, 0.6) is 0 Å². The molecule has 0 aliphatic carbocycles. The molecule has 17 heavy (non-hydrogen) atoms. The lowest BCUT2D eigenvalue weighted by molar-refractivity contribution is -0.143. The van der Waals surface area contributed by atoms with Gasteiger partial charge in [-0.2, -0.15) is 0 Å². The first-order valence-corrected chi connectivity index (χ1v) is 5.50. The first kappa shape index (κ1) is 11.8. The normalized spacial score (nSPS) is 10.8. The Morgan fingerprint density at radius 2 is 2.29 bits per heavy atom. The van der Waals surface area contributed by atoms with Crippen LogP contribution in [0.15, 0.2) is 6.33 Å². The van der Waals surface area contributed by atoms with Crippen molar-refractivity contribution in [3.63, 3.8) is 0 Å². The molecule has 2 heterocycles. The number of ether oxygens (including phenoxy) is 1. The monoisotopic (exact) mass is 254 g/mol. The van der Waals surface area contributed by atoms with Crippen molar-refractivity contribution in [3.8, 4) is 0 Å². The second-order valence-corrected chi connectivity index (χ2v) is 3.77. The van der Waals surface area contributed by atoms with Crippen molar-refractivity contribution in [2.24, 2.45) is 0 Å². The molecular weight excluding hydrogens is 244 g/mol. The summed E-state index contributed by atoms with van der Waals surface area (Å²) in [4.78, 5) is 23.6. The largest absolute Gasteiger partial charge is 0.465 e. The topological polar surface area (TPSA) is 69.9 Å². The molecule has 0 atom stereocenters. The third kappa shape index (κ3) is 2.36. The molecule has 2 rings (SSSR count). The summed E-state index contributed by atoms with van der Waals surface area (Å²) in [6, 6.07) is 0. The second kappa shape index (κ2) is 4.67. The number of rotatable bonds is 3. The summed E-state index contributed by atoms with van der Waals surface area (Å²) in [5.74, 6) is 0.201. The summed E-state index contributed by atoms with van der Waals surface area (Å²) in [6.45, 7) is 3.90. The molecule has 2 aromatic rings. The molecule has 6 nitrogen and oxygen atoms in total. The summed E-state index contributed by atoms with van der Waals surface area (Å²) in [6.07, 6.45) is 1.50. The molecule has 0 bridgehead atoms. The standard InChI is InChI=1S/C10H11ClN4O2/c1-3-17-7(16)4-15-5-12-8-9(11)13-6(2)14-10(8)15/h5H,3-4H2,1-2H3. The van der Waals surface area contributed by atoms with Gasteiger partial charge in [0.15, 0.2) is 10.8 Å². The number of esters is 1. The van der Waals surface area contributed by atoms with E-state index in [1.165, 1.54) is 6.33 Å². The van der Waals surface area contributed by atoms with Gasteiger partial charge < -0.3 is 9.30 Å². The minimum Gasteiger partial charge on any atom is -0.465 e. The molecule has 0 unspecified atom stereocenters. The van der Waals surface area contributed by atoms with E-state index in [0.29, 0.717) is 23.6 Å². The van der Waals surface area contributed by atoms with Crippen molar-refractivity contribution in [2.75, 3.05) is 6.61 Å². The molecule has 0 N–H and O–H groups in total. The molecule has 90 valence electrons. The van der Waals surface area contributed by atoms with E-state index in [-0.39, 0.29) is 17.7 Å². The summed E-state index contributed by atoms with van der Waals surface area (Å²) in [5.41, 5.74) is 1.03. The maximum Gasteiger partial charge on any atom is 0.326 e. The Morgan fingerprint density at radius 3 is 3.00 bits per heavy atom. The third-order valence-electron chi connectivity index (χ3n) is 2.14. The SMILES string of the molecule is CCOC(=O)Cn1cnc2c(Cl)nc(C)nc21. The van der Waals surface area contributed by atoms with Crippen molar-refractivity contribution < 1.29 is 9.53 Å². The quantitative estimate of drug-likeness (QED) is 0.611. The fourth-order valence-corrected chi connectivity index (χ4v) is 1.73. The number of fused-ring (bicyclic) bond motifs is 1. The van der Waals surface area contributed by atoms with E-state index in [4.69, 9.17) is 16.3 Å². The Balaban J connectivity index is 2.39. The van der Waals surface area contributed by atoms with Crippen LogP contribution in [0, 0.1) is 6.92 Å². The molecule has 0 amide bonds. The van der Waals surface area contributed by atoms with E-state index in [9.17, 15) is 4.79 Å². The highest BCUT2D eigenvalue weighted by Gasteiger charge is 2.12. The summed E-state index contributed by atoms with van der Waals surface area (Å²) in [7, 11) is 0. The molecule has 0 aliphatic rings. The summed E-state index contributed by atoms with van der Waals surface area (Å²) in [5, 5.41) is 0.287. The zero-order chi connectivity index (χ0) is 12.4. The van der Waals surface area contributed by atoms with Crippen LogP contribution in [-0.2, 0) is 16.1 Å². The van der Waals surface area contributed by atoms with Gasteiger partial charge in [-0.05, 0) is 13.8 Å². The van der Waals surface area contributed by atoms with Gasteiger partial charge >= 0.3 is 5.97 Å². The van der Waals surface area contributed by atoms with Gasteiger partial charge in [-0.3, -0.25) is 4.79 Å². The summed E-state index contributed by atoms with van der Waals surface area (Å²) >= 11 is 5.93. The first-order chi connectivity index (χ1) is 8.11. The fourth-order valence-electron chi connectivity index (χ4n) is 1.47. The lowest BCUT2D eigenvalue weighted by atomic mass is 10.5. The Bertz CT molecular complexity index is 567. The number of carbonyl (C=O) groups excluding carboxylic acids is 1. The van der Waals surface area contributed by atoms with Gasteiger partial charge in [0.05, 0.1) is 12.9 Å². The minimum atomic E-state index is -0.334. The van der Waals surface area contributed by atoms with Crippen LogP contribution in [0.25, 0.3) is 11.2 Å². The molecule has 0 saturated heterocycles. The Labute approximate surface area is 103 Å². The van der Waals surface area contributed by atoms with Gasteiger partial charge in [-0.15, -0.1) is 0 Å². The Kier molecular flexibility index (Phi) is 3.23. The van der Waals surface area contributed by atoms with Crippen LogP contribution in [0.3, 0.4) is 0 Å². The predicted molar refractivity (Wildman–Crippen MR) is 61.7 cm³/mol. The molecule has 0 aliphatic heterocycles. The molecule has 0 spiro atoms. The van der Waals surface area contributed by atoms with Gasteiger partial charge in [0, 0.05) is 0 Å². The zero-order valence-corrected chi connectivity index (χ0v) is 10.2. The molecule has 7 heteroatoms. The van der Waals surface area contributed by atoms with Gasteiger partial charge in [0.2, 0.25) is 0 Å². The van der Waals surface area contributed by atoms with E-state index in [2.05, 4.69) is 15.0 Å². The molecule has 0 fully saturated rings. The van der Waals surface area contributed by atoms with E-state index < -0.39 is 0 Å². The van der Waals surface area contributed by atoms with Crippen molar-refractivity contribution >= 4 is 28.7 Å². The molecule has 0 aromatic carbocycles. The van der Waals surface area contributed by atoms with Gasteiger partial charge in [-0.25, -0.2) is 15.0 Å². The Morgan fingerprint density at radius 1 is 1.53 bits per heavy atom. The van der Waals surface area contributed by atoms with Crippen LogP contribution < -0.4 is 0 Å². The van der Waals surface area contributed by atoms with E-state index in [1.54, 1.807) is 18.4 Å². The lowest BCUT2D eigenvalue weighted by Gasteiger charge is -2.03. The number of hydrogen-bond donors (Lipinski definition) is 0. The molecular formula is C10H11ClN4O2. The third-order valence-corrected chi connectivity index (χ3v) is 2.40. The fraction of sp³-hybridized carbons (Fsp3) is 0.400. The van der Waals surface area contributed by atoms with Crippen LogP contribution in [0.4, 0.5) is 0 Å². The highest BCUT2D eigenvalue weighted by molar-refractivity contribution is 6.33. The number of nitrogens with zero attached hydrogens (tertiary/aromatic N) is 4. The highest BCUT2D eigenvalue weighted by atomic mass is 35.5. The van der Waals surface area contributed by atoms with Crippen LogP contribution in [0.2, 0.25) is 5.15 Å². The number of carbonyl (C=O) groups is 1. The van der Waals surface area contributed by atoms with Gasteiger partial charge in [0.25, 0.3) is 0 Å². The number of aromatic nitrogens is 4. The number of aryl methyl sites for hydroxylation is 1. The van der Waals surface area contributed by atoms with Crippen LogP contribution >= 0.6 is 11.6 Å². The maximum absolute atomic E-state index is 11.4. The molecule has 0 saturated carbocycles. The maximum atomic E-state index is 11.4. The minimum absolute atomic E-state index is 0.0666. The first-order valence-electron chi connectivity index (χ1n) is 5.12. The van der Waals surface area contributed by atoms with Crippen LogP contribution in [0.1, 0.15) is 12.7 Å². The van der Waals surface area contributed by atoms with Crippen molar-refractivity contribution in [1.82, 2.24) is 19.5 Å². The molecule has 2 aromatic heterocycles. The van der Waals surface area contributed by atoms with Crippen LogP contribution in [-0.4, -0.2) is 32.1 Å². The zero-order valence-electron chi connectivity index (χ0n) is 9.47. The average Bonchev–Trinajstić information content (AvgIpc) is 2.62. The Hall–Kier alpha value is -1.69. The predicted octanol–water partition coefficient (Wildman–Crippen LogP) is 1.35. The number of imidazole rings is 1. The van der Waals surface area contributed by atoms with E-state index >= 15 is 0 Å². The number of halogens is 1. The smallest absolute Gasteiger partial charge is 0.326 e. The molecule has 0 radical (unpaired) electrons. The van der Waals surface area contributed by atoms with Gasteiger partial charge in [-0.1, -0.05) is 11.6 Å². The van der Waals surface area contributed by atoms with Crippen molar-refractivity contribution in [1.29, 1.82) is 0 Å². The lowest BCUT2D eigenvalue weighted by Crippen LogP contribution is -2.13. The second-order valence-electron chi connectivity index (χ2n) is 3.41. The van der Waals surface area contributed by atoms with E-state index in [0.717, 1.165) is 0 Å². The summed E-state index contributed by atoms with van der Waals surface area (Å²) < 4.78 is 6.45. The highest BCUT2D eigenvalue weighted by Crippen LogP contribution is 2.18. The van der Waals surface area contributed by atoms with Crippen molar-refractivity contribution in [3.05, 3.63) is 17.3 Å².